The molecular weight excluding hydrogens is 190 g/mol. The first-order valence-electron chi connectivity index (χ1n) is 5.35. The van der Waals surface area contributed by atoms with Gasteiger partial charge in [0, 0.05) is 0 Å². The van der Waals surface area contributed by atoms with Gasteiger partial charge in [-0.1, -0.05) is 24.3 Å². The second-order valence-electron chi connectivity index (χ2n) is 3.84. The Balaban J connectivity index is 1.82. The Morgan fingerprint density at radius 2 is 2.00 bits per heavy atom. The zero-order chi connectivity index (χ0) is 10.5. The number of hydrogen-bond donors (Lipinski definition) is 0. The summed E-state index contributed by atoms with van der Waals surface area (Å²) in [6, 6.07) is 6.49. The normalized spacial score (nSPS) is 20.5. The number of ether oxygens (including phenoxy) is 1. The molecule has 0 amide bonds. The number of allylic oxidation sites excluding steroid dienone is 1. The topological polar surface area (TPSA) is 9.23 Å². The molecule has 15 heavy (non-hydrogen) atoms. The van der Waals surface area contributed by atoms with E-state index in [4.69, 9.17) is 4.74 Å². The van der Waals surface area contributed by atoms with E-state index in [0.717, 1.165) is 24.8 Å². The van der Waals surface area contributed by atoms with Crippen LogP contribution in [0.2, 0.25) is 0 Å². The van der Waals surface area contributed by atoms with Crippen molar-refractivity contribution in [3.63, 3.8) is 0 Å². The van der Waals surface area contributed by atoms with E-state index in [9.17, 15) is 4.39 Å². The maximum Gasteiger partial charge on any atom is 0.123 e. The average Bonchev–Trinajstić information content (AvgIpc) is 2.30. The molecule has 0 N–H and O–H groups in total. The third kappa shape index (κ3) is 3.17. The molecule has 0 aromatic heterocycles. The molecular formula is C13H15FO. The molecule has 80 valence electrons. The van der Waals surface area contributed by atoms with Crippen LogP contribution in [0, 0.1) is 5.82 Å². The molecule has 1 aliphatic rings. The summed E-state index contributed by atoms with van der Waals surface area (Å²) in [5, 5.41) is 0. The minimum atomic E-state index is -0.195. The molecule has 1 aliphatic carbocycles. The van der Waals surface area contributed by atoms with Gasteiger partial charge in [0.25, 0.3) is 0 Å². The monoisotopic (exact) mass is 205 g/mol. The van der Waals surface area contributed by atoms with E-state index in [1.165, 1.54) is 12.1 Å². The van der Waals surface area contributed by atoms with Gasteiger partial charge in [0.1, 0.15) is 5.82 Å². The molecule has 0 saturated carbocycles. The molecule has 1 aromatic carbocycles. The highest BCUT2D eigenvalue weighted by atomic mass is 18.2. The smallest absolute Gasteiger partial charge is 0.123 e. The van der Waals surface area contributed by atoms with Gasteiger partial charge in [0.15, 0.2) is 0 Å². The van der Waals surface area contributed by atoms with Crippen LogP contribution < -0.4 is 0 Å². The maximum atomic E-state index is 12.6. The first kappa shape index (κ1) is 10.4. The van der Waals surface area contributed by atoms with Crippen molar-refractivity contribution in [3.05, 3.63) is 47.8 Å². The molecule has 2 heteroatoms. The Bertz CT molecular complexity index is 329. The van der Waals surface area contributed by atoms with Gasteiger partial charge in [0.2, 0.25) is 0 Å². The number of hydrogen-bond acceptors (Lipinski definition) is 1. The highest BCUT2D eigenvalue weighted by molar-refractivity contribution is 5.15. The van der Waals surface area contributed by atoms with Gasteiger partial charge in [-0.2, -0.15) is 0 Å². The average molecular weight is 205 g/mol. The summed E-state index contributed by atoms with van der Waals surface area (Å²) in [7, 11) is 0. The van der Waals surface area contributed by atoms with Crippen LogP contribution in [-0.4, -0.2) is 6.10 Å². The van der Waals surface area contributed by atoms with Crippen LogP contribution in [0.25, 0.3) is 0 Å². The highest BCUT2D eigenvalue weighted by Gasteiger charge is 2.09. The molecule has 1 atom stereocenters. The lowest BCUT2D eigenvalue weighted by molar-refractivity contribution is 0.0352. The summed E-state index contributed by atoms with van der Waals surface area (Å²) in [4.78, 5) is 0. The van der Waals surface area contributed by atoms with E-state index in [2.05, 4.69) is 12.2 Å². The Labute approximate surface area is 89.6 Å². The van der Waals surface area contributed by atoms with Gasteiger partial charge in [-0.05, 0) is 37.0 Å². The second kappa shape index (κ2) is 5.08. The molecule has 1 nitrogen and oxygen atoms in total. The van der Waals surface area contributed by atoms with E-state index in [1.54, 1.807) is 12.1 Å². The molecule has 1 unspecified atom stereocenters. The number of halogens is 1. The lowest BCUT2D eigenvalue weighted by Gasteiger charge is -2.18. The van der Waals surface area contributed by atoms with Crippen molar-refractivity contribution in [2.75, 3.05) is 0 Å². The van der Waals surface area contributed by atoms with Crippen LogP contribution in [0.15, 0.2) is 36.4 Å². The first-order valence-corrected chi connectivity index (χ1v) is 5.35. The predicted molar refractivity (Wildman–Crippen MR) is 58.0 cm³/mol. The van der Waals surface area contributed by atoms with Gasteiger partial charge >= 0.3 is 0 Å². The van der Waals surface area contributed by atoms with Crippen LogP contribution in [0.4, 0.5) is 4.39 Å². The van der Waals surface area contributed by atoms with Crippen LogP contribution in [0.1, 0.15) is 24.8 Å². The van der Waals surface area contributed by atoms with E-state index in [1.807, 2.05) is 0 Å². The Morgan fingerprint density at radius 3 is 2.67 bits per heavy atom. The van der Waals surface area contributed by atoms with Gasteiger partial charge in [-0.15, -0.1) is 0 Å². The van der Waals surface area contributed by atoms with Crippen LogP contribution >= 0.6 is 0 Å². The van der Waals surface area contributed by atoms with Gasteiger partial charge in [0.05, 0.1) is 12.7 Å². The SMILES string of the molecule is [18F]c1ccc(COC2CC=CCC2)cc1. The van der Waals surface area contributed by atoms with Crippen molar-refractivity contribution in [1.82, 2.24) is 0 Å². The third-order valence-corrected chi connectivity index (χ3v) is 2.62. The Hall–Kier alpha value is -1.15. The molecule has 0 saturated heterocycles. The summed E-state index contributed by atoms with van der Waals surface area (Å²) >= 11 is 0. The number of rotatable bonds is 3. The summed E-state index contributed by atoms with van der Waals surface area (Å²) in [6.45, 7) is 0.582. The van der Waals surface area contributed by atoms with Crippen LogP contribution in [0.3, 0.4) is 0 Å². The molecule has 0 bridgehead atoms. The molecule has 1 aromatic rings. The summed E-state index contributed by atoms with van der Waals surface area (Å²) in [5.74, 6) is -0.195. The van der Waals surface area contributed by atoms with Crippen molar-refractivity contribution in [2.45, 2.75) is 32.0 Å². The highest BCUT2D eigenvalue weighted by Crippen LogP contribution is 2.16. The number of benzene rings is 1. The maximum absolute atomic E-state index is 12.6. The third-order valence-electron chi connectivity index (χ3n) is 2.62. The summed E-state index contributed by atoms with van der Waals surface area (Å²) in [5.41, 5.74) is 1.03. The van der Waals surface area contributed by atoms with Crippen molar-refractivity contribution < 1.29 is 9.13 Å². The molecule has 0 aliphatic heterocycles. The zero-order valence-electron chi connectivity index (χ0n) is 8.66. The fourth-order valence-corrected chi connectivity index (χ4v) is 1.71. The van der Waals surface area contributed by atoms with Gasteiger partial charge < -0.3 is 4.74 Å². The standard InChI is InChI=1S/C13H15FO/c14-12-8-6-11(7-9-12)10-15-13-4-2-1-3-5-13/h1-2,6-9,13H,3-5,10H2/i14-1. The minimum absolute atomic E-state index is 0.195. The van der Waals surface area contributed by atoms with E-state index < -0.39 is 0 Å². The molecule has 2 rings (SSSR count). The molecule has 0 radical (unpaired) electrons. The lowest BCUT2D eigenvalue weighted by Crippen LogP contribution is -2.13. The summed E-state index contributed by atoms with van der Waals surface area (Å²) in [6.07, 6.45) is 7.89. The van der Waals surface area contributed by atoms with Gasteiger partial charge in [-0.3, -0.25) is 0 Å². The molecule has 0 heterocycles. The first-order chi connectivity index (χ1) is 7.34. The van der Waals surface area contributed by atoms with Crippen LogP contribution in [-0.2, 0) is 11.3 Å². The van der Waals surface area contributed by atoms with Crippen molar-refractivity contribution in [3.8, 4) is 0 Å². The fourth-order valence-electron chi connectivity index (χ4n) is 1.71. The predicted octanol–water partition coefficient (Wildman–Crippen LogP) is 3.45. The molecule has 0 fully saturated rings. The largest absolute Gasteiger partial charge is 0.373 e. The Morgan fingerprint density at radius 1 is 1.20 bits per heavy atom. The van der Waals surface area contributed by atoms with Crippen molar-refractivity contribution >= 4 is 0 Å². The fraction of sp³-hybridized carbons (Fsp3) is 0.385. The second-order valence-corrected chi connectivity index (χ2v) is 3.84. The van der Waals surface area contributed by atoms with Crippen molar-refractivity contribution in [1.29, 1.82) is 0 Å². The van der Waals surface area contributed by atoms with E-state index in [0.29, 0.717) is 12.7 Å². The zero-order valence-corrected chi connectivity index (χ0v) is 8.66. The Kier molecular flexibility index (Phi) is 3.51. The minimum Gasteiger partial charge on any atom is -0.373 e. The summed E-state index contributed by atoms with van der Waals surface area (Å²) < 4.78 is 18.4. The quantitative estimate of drug-likeness (QED) is 0.687. The van der Waals surface area contributed by atoms with E-state index in [-0.39, 0.29) is 5.82 Å². The molecule has 0 spiro atoms. The van der Waals surface area contributed by atoms with Crippen LogP contribution in [0.5, 0.6) is 0 Å². The van der Waals surface area contributed by atoms with Crippen molar-refractivity contribution in [2.24, 2.45) is 0 Å². The lowest BCUT2D eigenvalue weighted by atomic mass is 10.0. The van der Waals surface area contributed by atoms with E-state index >= 15 is 0 Å². The van der Waals surface area contributed by atoms with Gasteiger partial charge in [-0.25, -0.2) is 4.39 Å².